The first-order valence-corrected chi connectivity index (χ1v) is 8.39. The third kappa shape index (κ3) is 4.01. The van der Waals surface area contributed by atoms with Crippen molar-refractivity contribution >= 4 is 16.0 Å². The number of carboxylic acids is 1. The van der Waals surface area contributed by atoms with Gasteiger partial charge in [-0.3, -0.25) is 4.79 Å². The molecule has 1 fully saturated rings. The van der Waals surface area contributed by atoms with Gasteiger partial charge in [0.2, 0.25) is 10.0 Å². The number of rotatable bonds is 5. The third-order valence-electron chi connectivity index (χ3n) is 3.78. The molecule has 0 saturated heterocycles. The lowest BCUT2D eigenvalue weighted by Gasteiger charge is -2.27. The highest BCUT2D eigenvalue weighted by Gasteiger charge is 2.33. The molecule has 0 spiro atoms. The van der Waals surface area contributed by atoms with Gasteiger partial charge >= 0.3 is 5.97 Å². The van der Waals surface area contributed by atoms with Crippen LogP contribution in [0.4, 0.5) is 4.39 Å². The molecule has 5 nitrogen and oxygen atoms in total. The van der Waals surface area contributed by atoms with Crippen molar-refractivity contribution < 1.29 is 22.7 Å². The summed E-state index contributed by atoms with van der Waals surface area (Å²) in [6.07, 6.45) is 4.21. The van der Waals surface area contributed by atoms with E-state index in [-0.39, 0.29) is 10.8 Å². The zero-order valence-corrected chi connectivity index (χ0v) is 12.3. The lowest BCUT2D eigenvalue weighted by molar-refractivity contribution is -0.140. The van der Waals surface area contributed by atoms with E-state index in [0.29, 0.717) is 12.8 Å². The number of sulfonamides is 1. The highest BCUT2D eigenvalue weighted by Crippen LogP contribution is 2.27. The summed E-state index contributed by atoms with van der Waals surface area (Å²) < 4.78 is 39.8. The summed E-state index contributed by atoms with van der Waals surface area (Å²) >= 11 is 0. The summed E-state index contributed by atoms with van der Waals surface area (Å²) in [5.74, 6) is -2.09. The molecule has 0 aromatic heterocycles. The van der Waals surface area contributed by atoms with Gasteiger partial charge < -0.3 is 5.11 Å². The topological polar surface area (TPSA) is 83.5 Å². The molecule has 1 aliphatic carbocycles. The van der Waals surface area contributed by atoms with Crippen molar-refractivity contribution in [2.75, 3.05) is 0 Å². The van der Waals surface area contributed by atoms with Crippen LogP contribution in [0.2, 0.25) is 0 Å². The van der Waals surface area contributed by atoms with Gasteiger partial charge in [-0.25, -0.2) is 12.8 Å². The molecule has 0 bridgehead atoms. The SMILES string of the molecule is O=C(O)C(NS(=O)(=O)c1cccc(F)c1)C1CCCCC1. The van der Waals surface area contributed by atoms with E-state index in [4.69, 9.17) is 0 Å². The highest BCUT2D eigenvalue weighted by atomic mass is 32.2. The number of hydrogen-bond acceptors (Lipinski definition) is 3. The minimum Gasteiger partial charge on any atom is -0.480 e. The molecule has 2 rings (SSSR count). The van der Waals surface area contributed by atoms with Gasteiger partial charge in [-0.2, -0.15) is 4.72 Å². The zero-order chi connectivity index (χ0) is 15.5. The van der Waals surface area contributed by atoms with E-state index >= 15 is 0 Å². The Morgan fingerprint density at radius 3 is 2.52 bits per heavy atom. The minimum atomic E-state index is -4.05. The summed E-state index contributed by atoms with van der Waals surface area (Å²) in [6.45, 7) is 0. The van der Waals surface area contributed by atoms with Gasteiger partial charge in [0.05, 0.1) is 4.90 Å². The van der Waals surface area contributed by atoms with Crippen LogP contribution in [-0.4, -0.2) is 25.5 Å². The summed E-state index contributed by atoms with van der Waals surface area (Å²) in [6, 6.07) is 3.36. The maximum absolute atomic E-state index is 13.1. The van der Waals surface area contributed by atoms with Gasteiger partial charge in [-0.1, -0.05) is 25.3 Å². The van der Waals surface area contributed by atoms with Gasteiger partial charge in [0.15, 0.2) is 0 Å². The van der Waals surface area contributed by atoms with Crippen LogP contribution in [0.1, 0.15) is 32.1 Å². The molecular formula is C14H18FNO4S. The lowest BCUT2D eigenvalue weighted by Crippen LogP contribution is -2.46. The van der Waals surface area contributed by atoms with Gasteiger partial charge in [0.25, 0.3) is 0 Å². The maximum Gasteiger partial charge on any atom is 0.322 e. The molecule has 1 aromatic carbocycles. The van der Waals surface area contributed by atoms with Gasteiger partial charge in [0.1, 0.15) is 11.9 Å². The predicted octanol–water partition coefficient (Wildman–Crippen LogP) is 2.14. The molecule has 1 aliphatic rings. The second kappa shape index (κ2) is 6.53. The molecule has 1 unspecified atom stereocenters. The second-order valence-corrected chi connectivity index (χ2v) is 7.01. The van der Waals surface area contributed by atoms with E-state index in [1.807, 2.05) is 0 Å². The number of benzene rings is 1. The molecule has 0 radical (unpaired) electrons. The fourth-order valence-corrected chi connectivity index (χ4v) is 3.97. The van der Waals surface area contributed by atoms with Crippen LogP contribution in [0.3, 0.4) is 0 Å². The quantitative estimate of drug-likeness (QED) is 0.872. The number of aliphatic carboxylic acids is 1. The van der Waals surface area contributed by atoms with Crippen molar-refractivity contribution in [2.24, 2.45) is 5.92 Å². The molecule has 0 heterocycles. The zero-order valence-electron chi connectivity index (χ0n) is 11.5. The number of carboxylic acid groups (broad SMARTS) is 1. The van der Waals surface area contributed by atoms with E-state index in [0.717, 1.165) is 31.4 Å². The highest BCUT2D eigenvalue weighted by molar-refractivity contribution is 7.89. The van der Waals surface area contributed by atoms with Crippen LogP contribution >= 0.6 is 0 Å². The average Bonchev–Trinajstić information content (AvgIpc) is 2.45. The Bertz CT molecular complexity index is 611. The molecular weight excluding hydrogens is 297 g/mol. The van der Waals surface area contributed by atoms with E-state index in [2.05, 4.69) is 4.72 Å². The van der Waals surface area contributed by atoms with Crippen molar-refractivity contribution in [3.05, 3.63) is 30.1 Å². The Hall–Kier alpha value is -1.47. The summed E-state index contributed by atoms with van der Waals surface area (Å²) in [5.41, 5.74) is 0. The third-order valence-corrected chi connectivity index (χ3v) is 5.21. The smallest absolute Gasteiger partial charge is 0.322 e. The number of nitrogens with one attached hydrogen (secondary N) is 1. The summed E-state index contributed by atoms with van der Waals surface area (Å²) in [4.78, 5) is 11.1. The molecule has 0 amide bonds. The lowest BCUT2D eigenvalue weighted by atomic mass is 9.84. The van der Waals surface area contributed by atoms with Crippen molar-refractivity contribution in [1.82, 2.24) is 4.72 Å². The van der Waals surface area contributed by atoms with E-state index in [1.165, 1.54) is 12.1 Å². The van der Waals surface area contributed by atoms with Crippen LogP contribution < -0.4 is 4.72 Å². The number of hydrogen-bond donors (Lipinski definition) is 2. The van der Waals surface area contributed by atoms with Gasteiger partial charge in [0, 0.05) is 0 Å². The van der Waals surface area contributed by atoms with Crippen molar-refractivity contribution in [2.45, 2.75) is 43.0 Å². The largest absolute Gasteiger partial charge is 0.480 e. The van der Waals surface area contributed by atoms with Crippen molar-refractivity contribution in [1.29, 1.82) is 0 Å². The Kier molecular flexibility index (Phi) is 4.95. The Morgan fingerprint density at radius 1 is 1.29 bits per heavy atom. The predicted molar refractivity (Wildman–Crippen MR) is 74.7 cm³/mol. The molecule has 7 heteroatoms. The first-order valence-electron chi connectivity index (χ1n) is 6.91. The van der Waals surface area contributed by atoms with Crippen LogP contribution in [0, 0.1) is 11.7 Å². The maximum atomic E-state index is 13.1. The Labute approximate surface area is 123 Å². The van der Waals surface area contributed by atoms with Gasteiger partial charge in [-0.15, -0.1) is 0 Å². The molecule has 1 saturated carbocycles. The van der Waals surface area contributed by atoms with Crippen LogP contribution in [0.25, 0.3) is 0 Å². The fourth-order valence-electron chi connectivity index (χ4n) is 2.69. The minimum absolute atomic E-state index is 0.223. The molecule has 21 heavy (non-hydrogen) atoms. The van der Waals surface area contributed by atoms with E-state index in [1.54, 1.807) is 0 Å². The number of halogens is 1. The number of carbonyl (C=O) groups is 1. The Balaban J connectivity index is 2.21. The van der Waals surface area contributed by atoms with E-state index in [9.17, 15) is 22.7 Å². The monoisotopic (exact) mass is 315 g/mol. The standard InChI is InChI=1S/C14H18FNO4S/c15-11-7-4-8-12(9-11)21(19,20)16-13(14(17)18)10-5-2-1-3-6-10/h4,7-10,13,16H,1-3,5-6H2,(H,17,18). The molecule has 0 aliphatic heterocycles. The van der Waals surface area contributed by atoms with Gasteiger partial charge in [-0.05, 0) is 37.0 Å². The molecule has 1 atom stereocenters. The summed E-state index contributed by atoms with van der Waals surface area (Å²) in [5, 5.41) is 9.29. The summed E-state index contributed by atoms with van der Waals surface area (Å²) in [7, 11) is -4.05. The molecule has 2 N–H and O–H groups in total. The van der Waals surface area contributed by atoms with Crippen LogP contribution in [0.5, 0.6) is 0 Å². The van der Waals surface area contributed by atoms with Crippen molar-refractivity contribution in [3.63, 3.8) is 0 Å². The second-order valence-electron chi connectivity index (χ2n) is 5.29. The molecule has 116 valence electrons. The van der Waals surface area contributed by atoms with Crippen molar-refractivity contribution in [3.8, 4) is 0 Å². The first-order chi connectivity index (χ1) is 9.90. The average molecular weight is 315 g/mol. The Morgan fingerprint density at radius 2 is 1.95 bits per heavy atom. The molecule has 1 aromatic rings. The first kappa shape index (κ1) is 15.9. The van der Waals surface area contributed by atoms with Crippen LogP contribution in [0.15, 0.2) is 29.2 Å². The normalized spacial score (nSPS) is 18.3. The fraction of sp³-hybridized carbons (Fsp3) is 0.500. The van der Waals surface area contributed by atoms with E-state index < -0.39 is 27.9 Å². The van der Waals surface area contributed by atoms with Crippen LogP contribution in [-0.2, 0) is 14.8 Å².